The molecule has 0 atom stereocenters. The van der Waals surface area contributed by atoms with Crippen LogP contribution < -0.4 is 10.5 Å². The lowest BCUT2D eigenvalue weighted by molar-refractivity contribution is 0.296. The van der Waals surface area contributed by atoms with Gasteiger partial charge in [0, 0.05) is 24.6 Å². The van der Waals surface area contributed by atoms with Crippen molar-refractivity contribution in [1.29, 1.82) is 0 Å². The molecule has 0 radical (unpaired) electrons. The van der Waals surface area contributed by atoms with Crippen LogP contribution in [0.15, 0.2) is 23.1 Å². The van der Waals surface area contributed by atoms with E-state index in [0.717, 1.165) is 17.7 Å². The Bertz CT molecular complexity index is 504. The van der Waals surface area contributed by atoms with E-state index in [1.165, 1.54) is 6.07 Å². The summed E-state index contributed by atoms with van der Waals surface area (Å²) in [5.74, 6) is 1.51. The van der Waals surface area contributed by atoms with Crippen LogP contribution in [-0.4, -0.2) is 38.2 Å². The molecule has 1 aromatic rings. The van der Waals surface area contributed by atoms with Crippen molar-refractivity contribution in [2.45, 2.75) is 18.2 Å². The van der Waals surface area contributed by atoms with Gasteiger partial charge < -0.3 is 10.8 Å². The molecule has 0 amide bonds. The van der Waals surface area contributed by atoms with Crippen molar-refractivity contribution in [3.63, 3.8) is 0 Å². The fraction of sp³-hybridized carbons (Fsp3) is 0.500. The van der Waals surface area contributed by atoms with E-state index in [4.69, 9.17) is 10.8 Å². The summed E-state index contributed by atoms with van der Waals surface area (Å²) in [6.07, 6.45) is 0.728. The summed E-state index contributed by atoms with van der Waals surface area (Å²) in [6.45, 7) is 2.37. The van der Waals surface area contributed by atoms with Crippen molar-refractivity contribution in [2.24, 2.45) is 0 Å². The number of aliphatic hydroxyl groups is 1. The predicted molar refractivity (Wildman–Crippen MR) is 79.8 cm³/mol. The number of nitrogen functional groups attached to an aromatic ring is 1. The van der Waals surface area contributed by atoms with Crippen molar-refractivity contribution >= 4 is 27.5 Å². The number of hydrogen-bond donors (Lipinski definition) is 3. The lowest BCUT2D eigenvalue weighted by atomic mass is 10.2. The maximum absolute atomic E-state index is 12.0. The Morgan fingerprint density at radius 2 is 2.11 bits per heavy atom. The van der Waals surface area contributed by atoms with Gasteiger partial charge >= 0.3 is 0 Å². The van der Waals surface area contributed by atoms with E-state index in [9.17, 15) is 8.42 Å². The van der Waals surface area contributed by atoms with Crippen LogP contribution in [0.3, 0.4) is 0 Å². The summed E-state index contributed by atoms with van der Waals surface area (Å²) < 4.78 is 26.5. The first kappa shape index (κ1) is 16.3. The number of nitrogens with one attached hydrogen (secondary N) is 1. The lowest BCUT2D eigenvalue weighted by Gasteiger charge is -2.08. The Hall–Kier alpha value is -0.760. The molecule has 108 valence electrons. The van der Waals surface area contributed by atoms with E-state index in [2.05, 4.69) is 4.72 Å². The molecule has 0 aliphatic rings. The van der Waals surface area contributed by atoms with E-state index in [1.54, 1.807) is 23.9 Å². The molecule has 1 rings (SSSR count). The molecule has 0 saturated carbocycles. The highest BCUT2D eigenvalue weighted by atomic mass is 32.2. The molecule has 0 aliphatic heterocycles. The molecule has 0 unspecified atom stereocenters. The van der Waals surface area contributed by atoms with Gasteiger partial charge in [0.1, 0.15) is 0 Å². The summed E-state index contributed by atoms with van der Waals surface area (Å²) in [4.78, 5) is 0.191. The molecule has 4 N–H and O–H groups in total. The van der Waals surface area contributed by atoms with Crippen LogP contribution in [0.4, 0.5) is 5.69 Å². The Morgan fingerprint density at radius 3 is 2.74 bits per heavy atom. The van der Waals surface area contributed by atoms with Crippen LogP contribution in [0.5, 0.6) is 0 Å². The number of sulfonamides is 1. The molecule has 19 heavy (non-hydrogen) atoms. The average molecular weight is 304 g/mol. The molecule has 0 heterocycles. The van der Waals surface area contributed by atoms with Crippen molar-refractivity contribution < 1.29 is 13.5 Å². The average Bonchev–Trinajstić information content (AvgIpc) is 2.36. The molecular formula is C12H20N2O3S2. The minimum atomic E-state index is -3.49. The van der Waals surface area contributed by atoms with Gasteiger partial charge in [0.05, 0.1) is 4.90 Å². The van der Waals surface area contributed by atoms with Crippen LogP contribution >= 0.6 is 11.8 Å². The Labute approximate surface area is 118 Å². The van der Waals surface area contributed by atoms with E-state index >= 15 is 0 Å². The molecule has 7 heteroatoms. The quantitative estimate of drug-likeness (QED) is 0.491. The highest BCUT2D eigenvalue weighted by Gasteiger charge is 2.13. The van der Waals surface area contributed by atoms with Crippen LogP contribution in [0.1, 0.15) is 12.0 Å². The third-order valence-electron chi connectivity index (χ3n) is 2.55. The second-order valence-electron chi connectivity index (χ2n) is 4.11. The highest BCUT2D eigenvalue weighted by molar-refractivity contribution is 7.99. The fourth-order valence-electron chi connectivity index (χ4n) is 1.39. The van der Waals surface area contributed by atoms with Crippen molar-refractivity contribution in [1.82, 2.24) is 4.72 Å². The summed E-state index contributed by atoms with van der Waals surface area (Å²) in [7, 11) is -3.49. The van der Waals surface area contributed by atoms with Crippen LogP contribution in [-0.2, 0) is 10.0 Å². The first-order valence-electron chi connectivity index (χ1n) is 6.02. The molecule has 5 nitrogen and oxygen atoms in total. The van der Waals surface area contributed by atoms with Crippen LogP contribution in [0.2, 0.25) is 0 Å². The van der Waals surface area contributed by atoms with Gasteiger partial charge in [0.2, 0.25) is 10.0 Å². The minimum Gasteiger partial charge on any atom is -0.398 e. The summed E-state index contributed by atoms with van der Waals surface area (Å²) >= 11 is 1.61. The predicted octanol–water partition coefficient (Wildman–Crippen LogP) is 0.971. The van der Waals surface area contributed by atoms with E-state index in [0.29, 0.717) is 18.0 Å². The monoisotopic (exact) mass is 304 g/mol. The normalized spacial score (nSPS) is 11.7. The summed E-state index contributed by atoms with van der Waals surface area (Å²) in [5, 5.41) is 8.61. The van der Waals surface area contributed by atoms with Crippen molar-refractivity contribution in [3.8, 4) is 0 Å². The zero-order valence-electron chi connectivity index (χ0n) is 10.9. The van der Waals surface area contributed by atoms with E-state index < -0.39 is 10.0 Å². The topological polar surface area (TPSA) is 92.4 Å². The maximum Gasteiger partial charge on any atom is 0.240 e. The SMILES string of the molecule is Cc1ccc(S(=O)(=O)NCCSCCCO)cc1N. The molecule has 0 bridgehead atoms. The minimum absolute atomic E-state index is 0.168. The van der Waals surface area contributed by atoms with Gasteiger partial charge in [-0.2, -0.15) is 11.8 Å². The summed E-state index contributed by atoms with van der Waals surface area (Å²) in [5.41, 5.74) is 7.04. The second kappa shape index (κ2) is 7.74. The third kappa shape index (κ3) is 5.40. The zero-order valence-corrected chi connectivity index (χ0v) is 12.6. The van der Waals surface area contributed by atoms with Gasteiger partial charge in [-0.3, -0.25) is 0 Å². The smallest absolute Gasteiger partial charge is 0.240 e. The molecule has 0 aromatic heterocycles. The number of thioether (sulfide) groups is 1. The third-order valence-corrected chi connectivity index (χ3v) is 5.08. The number of aryl methyl sites for hydroxylation is 1. The van der Waals surface area contributed by atoms with Gasteiger partial charge in [0.25, 0.3) is 0 Å². The molecular weight excluding hydrogens is 284 g/mol. The molecule has 0 aliphatic carbocycles. The van der Waals surface area contributed by atoms with Gasteiger partial charge in [-0.05, 0) is 36.8 Å². The van der Waals surface area contributed by atoms with Gasteiger partial charge in [-0.1, -0.05) is 6.07 Å². The molecule has 0 spiro atoms. The number of nitrogens with two attached hydrogens (primary N) is 1. The Balaban J connectivity index is 2.49. The van der Waals surface area contributed by atoms with Gasteiger partial charge in [-0.25, -0.2) is 13.1 Å². The van der Waals surface area contributed by atoms with Crippen molar-refractivity contribution in [2.75, 3.05) is 30.4 Å². The van der Waals surface area contributed by atoms with E-state index in [-0.39, 0.29) is 11.5 Å². The maximum atomic E-state index is 12.0. The largest absolute Gasteiger partial charge is 0.398 e. The number of hydrogen-bond acceptors (Lipinski definition) is 5. The first-order valence-corrected chi connectivity index (χ1v) is 8.65. The number of anilines is 1. The Morgan fingerprint density at radius 1 is 1.37 bits per heavy atom. The van der Waals surface area contributed by atoms with E-state index in [1.807, 2.05) is 6.92 Å². The molecule has 1 aromatic carbocycles. The fourth-order valence-corrected chi connectivity index (χ4v) is 3.37. The summed E-state index contributed by atoms with van der Waals surface area (Å²) in [6, 6.07) is 4.71. The molecule has 0 saturated heterocycles. The number of rotatable bonds is 8. The Kier molecular flexibility index (Phi) is 6.64. The van der Waals surface area contributed by atoms with Crippen molar-refractivity contribution in [3.05, 3.63) is 23.8 Å². The van der Waals surface area contributed by atoms with Crippen LogP contribution in [0, 0.1) is 6.92 Å². The van der Waals surface area contributed by atoms with Gasteiger partial charge in [-0.15, -0.1) is 0 Å². The standard InChI is InChI=1S/C12H20N2O3S2/c1-10-3-4-11(9-12(10)13)19(16,17)14-5-8-18-7-2-6-15/h3-4,9,14-15H,2,5-8,13H2,1H3. The highest BCUT2D eigenvalue weighted by Crippen LogP contribution is 2.16. The number of benzene rings is 1. The van der Waals surface area contributed by atoms with Crippen LogP contribution in [0.25, 0.3) is 0 Å². The second-order valence-corrected chi connectivity index (χ2v) is 7.10. The van der Waals surface area contributed by atoms with Gasteiger partial charge in [0.15, 0.2) is 0 Å². The molecule has 0 fully saturated rings. The zero-order chi connectivity index (χ0) is 14.3. The first-order chi connectivity index (χ1) is 8.97. The lowest BCUT2D eigenvalue weighted by Crippen LogP contribution is -2.26. The number of aliphatic hydroxyl groups excluding tert-OH is 1.